The van der Waals surface area contributed by atoms with Gasteiger partial charge in [-0.15, -0.1) is 11.8 Å². The summed E-state index contributed by atoms with van der Waals surface area (Å²) in [6, 6.07) is 11.9. The molecule has 2 fully saturated rings. The van der Waals surface area contributed by atoms with Crippen molar-refractivity contribution in [3.05, 3.63) is 59.2 Å². The van der Waals surface area contributed by atoms with Crippen molar-refractivity contribution in [2.75, 3.05) is 23.1 Å². The first kappa shape index (κ1) is 17.2. The van der Waals surface area contributed by atoms with Gasteiger partial charge in [0, 0.05) is 23.4 Å². The van der Waals surface area contributed by atoms with Gasteiger partial charge in [0.15, 0.2) is 0 Å². The molecule has 4 aliphatic rings. The van der Waals surface area contributed by atoms with E-state index in [-0.39, 0.29) is 0 Å². The fourth-order valence-electron chi connectivity index (χ4n) is 6.24. The molecular weight excluding hydrogens is 358 g/mol. The highest BCUT2D eigenvalue weighted by Crippen LogP contribution is 2.49. The SMILES string of the molecule is C1=CC2=C(CC1)C(C1CCCC1)Cc1c2ccc2c(N3CCSC3)cccc12. The van der Waals surface area contributed by atoms with Crippen LogP contribution >= 0.6 is 11.8 Å². The van der Waals surface area contributed by atoms with E-state index in [0.29, 0.717) is 0 Å². The average molecular weight is 388 g/mol. The first-order valence-electron chi connectivity index (χ1n) is 11.2. The van der Waals surface area contributed by atoms with Gasteiger partial charge in [-0.1, -0.05) is 54.8 Å². The molecule has 1 atom stereocenters. The van der Waals surface area contributed by atoms with E-state index in [1.807, 2.05) is 0 Å². The van der Waals surface area contributed by atoms with Gasteiger partial charge in [0.2, 0.25) is 0 Å². The Morgan fingerprint density at radius 2 is 1.93 bits per heavy atom. The summed E-state index contributed by atoms with van der Waals surface area (Å²) in [6.45, 7) is 1.18. The standard InChI is InChI=1S/C26H29NS/c1-2-7-18(6-1)24-16-25-21-10-5-11-26(27-14-15-28-17-27)23(21)13-12-22(25)19-8-3-4-9-20(19)24/h3,5,8,10-13,18,24H,1-2,4,6-7,9,14-17H2. The predicted molar refractivity (Wildman–Crippen MR) is 123 cm³/mol. The largest absolute Gasteiger partial charge is 0.361 e. The molecular formula is C26H29NS. The minimum Gasteiger partial charge on any atom is -0.361 e. The number of hydrogen-bond acceptors (Lipinski definition) is 2. The van der Waals surface area contributed by atoms with E-state index in [4.69, 9.17) is 0 Å². The van der Waals surface area contributed by atoms with Crippen molar-refractivity contribution in [2.45, 2.75) is 44.9 Å². The van der Waals surface area contributed by atoms with Gasteiger partial charge in [0.05, 0.1) is 5.88 Å². The van der Waals surface area contributed by atoms with Crippen LogP contribution in [0.1, 0.15) is 49.7 Å². The second kappa shape index (κ2) is 6.99. The van der Waals surface area contributed by atoms with E-state index in [1.54, 1.807) is 16.7 Å². The molecule has 144 valence electrons. The van der Waals surface area contributed by atoms with Crippen LogP contribution in [0.5, 0.6) is 0 Å². The highest BCUT2D eigenvalue weighted by Gasteiger charge is 2.34. The first-order chi connectivity index (χ1) is 13.9. The minimum atomic E-state index is 0.784. The maximum absolute atomic E-state index is 2.57. The van der Waals surface area contributed by atoms with E-state index in [1.165, 1.54) is 79.3 Å². The van der Waals surface area contributed by atoms with Crippen LogP contribution in [0.25, 0.3) is 16.3 Å². The molecule has 0 N–H and O–H groups in total. The van der Waals surface area contributed by atoms with Crippen molar-refractivity contribution in [1.29, 1.82) is 0 Å². The Labute approximate surface area is 172 Å². The molecule has 2 aromatic carbocycles. The lowest BCUT2D eigenvalue weighted by molar-refractivity contribution is 0.374. The van der Waals surface area contributed by atoms with Gasteiger partial charge in [-0.3, -0.25) is 0 Å². The van der Waals surface area contributed by atoms with Crippen molar-refractivity contribution < 1.29 is 0 Å². The lowest BCUT2D eigenvalue weighted by atomic mass is 9.69. The molecule has 6 rings (SSSR count). The maximum Gasteiger partial charge on any atom is 0.0640 e. The Balaban J connectivity index is 1.53. The summed E-state index contributed by atoms with van der Waals surface area (Å²) in [4.78, 5) is 2.57. The van der Waals surface area contributed by atoms with Crippen LogP contribution in [0.4, 0.5) is 5.69 Å². The highest BCUT2D eigenvalue weighted by atomic mass is 32.2. The summed E-state index contributed by atoms with van der Waals surface area (Å²) in [7, 11) is 0. The van der Waals surface area contributed by atoms with Gasteiger partial charge < -0.3 is 4.90 Å². The molecule has 28 heavy (non-hydrogen) atoms. The number of thioether (sulfide) groups is 1. The normalized spacial score (nSPS) is 24.9. The van der Waals surface area contributed by atoms with Crippen LogP contribution in [0.15, 0.2) is 48.1 Å². The van der Waals surface area contributed by atoms with E-state index in [9.17, 15) is 0 Å². The Bertz CT molecular complexity index is 973. The van der Waals surface area contributed by atoms with Gasteiger partial charge >= 0.3 is 0 Å². The molecule has 1 heterocycles. The van der Waals surface area contributed by atoms with Gasteiger partial charge in [-0.05, 0) is 72.1 Å². The van der Waals surface area contributed by atoms with E-state index < -0.39 is 0 Å². The molecule has 3 aliphatic carbocycles. The molecule has 0 amide bonds. The molecule has 0 aromatic heterocycles. The van der Waals surface area contributed by atoms with Crippen LogP contribution in [0, 0.1) is 11.8 Å². The van der Waals surface area contributed by atoms with Crippen LogP contribution in [0.3, 0.4) is 0 Å². The van der Waals surface area contributed by atoms with Crippen molar-refractivity contribution in [3.8, 4) is 0 Å². The predicted octanol–water partition coefficient (Wildman–Crippen LogP) is 6.82. The maximum atomic E-state index is 2.57. The Morgan fingerprint density at radius 3 is 2.79 bits per heavy atom. The van der Waals surface area contributed by atoms with Gasteiger partial charge in [-0.2, -0.15) is 0 Å². The number of nitrogens with zero attached hydrogens (tertiary/aromatic N) is 1. The topological polar surface area (TPSA) is 3.24 Å². The first-order valence-corrected chi connectivity index (χ1v) is 12.3. The van der Waals surface area contributed by atoms with Crippen LogP contribution < -0.4 is 4.90 Å². The minimum absolute atomic E-state index is 0.784. The number of benzene rings is 2. The second-order valence-corrected chi connectivity index (χ2v) is 10.1. The third-order valence-electron chi connectivity index (χ3n) is 7.58. The number of allylic oxidation sites excluding steroid dienone is 4. The molecule has 1 saturated carbocycles. The van der Waals surface area contributed by atoms with Gasteiger partial charge in [-0.25, -0.2) is 0 Å². The number of hydrogen-bond donors (Lipinski definition) is 0. The molecule has 1 saturated heterocycles. The van der Waals surface area contributed by atoms with Crippen LogP contribution in [-0.2, 0) is 6.42 Å². The zero-order valence-electron chi connectivity index (χ0n) is 16.6. The smallest absolute Gasteiger partial charge is 0.0640 e. The highest BCUT2D eigenvalue weighted by molar-refractivity contribution is 7.99. The molecule has 2 aromatic rings. The van der Waals surface area contributed by atoms with Crippen molar-refractivity contribution in [3.63, 3.8) is 0 Å². The fraction of sp³-hybridized carbons (Fsp3) is 0.462. The third-order valence-corrected chi connectivity index (χ3v) is 8.55. The monoisotopic (exact) mass is 387 g/mol. The summed E-state index contributed by atoms with van der Waals surface area (Å²) in [6.07, 6.45) is 14.4. The molecule has 2 heteroatoms. The lowest BCUT2D eigenvalue weighted by Crippen LogP contribution is -2.24. The van der Waals surface area contributed by atoms with Crippen molar-refractivity contribution in [2.24, 2.45) is 11.8 Å². The van der Waals surface area contributed by atoms with E-state index in [0.717, 1.165) is 17.7 Å². The van der Waals surface area contributed by atoms with E-state index in [2.05, 4.69) is 59.1 Å². The summed E-state index contributed by atoms with van der Waals surface area (Å²) < 4.78 is 0. The summed E-state index contributed by atoms with van der Waals surface area (Å²) >= 11 is 2.06. The zero-order valence-corrected chi connectivity index (χ0v) is 17.4. The quantitative estimate of drug-likeness (QED) is 0.556. The molecule has 0 spiro atoms. The second-order valence-electron chi connectivity index (χ2n) is 9.00. The average Bonchev–Trinajstić information content (AvgIpc) is 3.46. The van der Waals surface area contributed by atoms with E-state index >= 15 is 0 Å². The molecule has 0 bridgehead atoms. The number of anilines is 1. The van der Waals surface area contributed by atoms with Gasteiger partial charge in [0.1, 0.15) is 0 Å². The third kappa shape index (κ3) is 2.68. The summed E-state index contributed by atoms with van der Waals surface area (Å²) in [5.74, 6) is 4.09. The van der Waals surface area contributed by atoms with Crippen LogP contribution in [-0.4, -0.2) is 18.2 Å². The molecule has 0 radical (unpaired) electrons. The molecule has 1 unspecified atom stereocenters. The van der Waals surface area contributed by atoms with Crippen LogP contribution in [0.2, 0.25) is 0 Å². The molecule has 1 aliphatic heterocycles. The lowest BCUT2D eigenvalue weighted by Gasteiger charge is -2.36. The Hall–Kier alpha value is -1.67. The zero-order chi connectivity index (χ0) is 18.5. The summed E-state index contributed by atoms with van der Waals surface area (Å²) in [5.41, 5.74) is 7.97. The number of fused-ring (bicyclic) bond motifs is 4. The Kier molecular flexibility index (Phi) is 4.29. The van der Waals surface area contributed by atoms with Gasteiger partial charge in [0.25, 0.3) is 0 Å². The fourth-order valence-corrected chi connectivity index (χ4v) is 7.21. The number of rotatable bonds is 2. The van der Waals surface area contributed by atoms with Crippen molar-refractivity contribution in [1.82, 2.24) is 0 Å². The Morgan fingerprint density at radius 1 is 1.00 bits per heavy atom. The molecule has 1 nitrogen and oxygen atoms in total. The summed E-state index contributed by atoms with van der Waals surface area (Å²) in [5, 5.41) is 2.98. The van der Waals surface area contributed by atoms with Crippen molar-refractivity contribution >= 4 is 33.8 Å².